The minimum atomic E-state index is -0.194. The molecule has 0 bridgehead atoms. The topological polar surface area (TPSA) is 91.7 Å². The van der Waals surface area contributed by atoms with Crippen LogP contribution in [0.15, 0.2) is 52.4 Å². The molecule has 0 radical (unpaired) electrons. The Morgan fingerprint density at radius 1 is 1.21 bits per heavy atom. The van der Waals surface area contributed by atoms with Crippen LogP contribution < -0.4 is 15.4 Å². The minimum Gasteiger partial charge on any atom is -0.488 e. The van der Waals surface area contributed by atoms with Crippen LogP contribution in [0.5, 0.6) is 5.75 Å². The molecule has 7 heteroatoms. The van der Waals surface area contributed by atoms with Crippen molar-refractivity contribution in [3.63, 3.8) is 0 Å². The van der Waals surface area contributed by atoms with Crippen LogP contribution in [-0.2, 0) is 0 Å². The molecule has 0 saturated heterocycles. The van der Waals surface area contributed by atoms with Crippen LogP contribution in [0.1, 0.15) is 39.0 Å². The molecule has 1 aromatic carbocycles. The molecule has 2 aromatic rings. The maximum atomic E-state index is 9.73. The maximum absolute atomic E-state index is 9.73. The Morgan fingerprint density at radius 2 is 2.07 bits per heavy atom. The second-order valence-electron chi connectivity index (χ2n) is 8.00. The highest BCUT2D eigenvalue weighted by Gasteiger charge is 2.24. The lowest BCUT2D eigenvalue weighted by Crippen LogP contribution is -2.26. The number of anilines is 1. The Morgan fingerprint density at radius 3 is 2.93 bits per heavy atom. The van der Waals surface area contributed by atoms with Crippen LogP contribution >= 0.6 is 0 Å². The molecule has 2 heterocycles. The number of nitrogens with one attached hydrogen (secondary N) is 2. The molecule has 29 heavy (non-hydrogen) atoms. The number of aromatic nitrogens is 2. The highest BCUT2D eigenvalue weighted by Crippen LogP contribution is 2.30. The van der Waals surface area contributed by atoms with Gasteiger partial charge in [0.05, 0.1) is 24.6 Å². The van der Waals surface area contributed by atoms with Crippen LogP contribution in [-0.4, -0.2) is 39.7 Å². The summed E-state index contributed by atoms with van der Waals surface area (Å²) in [5, 5.41) is 17.2. The number of ether oxygens (including phenoxy) is 1. The van der Waals surface area contributed by atoms with Crippen molar-refractivity contribution in [3.8, 4) is 5.75 Å². The number of fused-ring (bicyclic) bond motifs is 2. The Labute approximate surface area is 169 Å². The first-order valence-electron chi connectivity index (χ1n) is 10.2. The van der Waals surface area contributed by atoms with Crippen LogP contribution in [0.25, 0.3) is 10.9 Å². The van der Waals surface area contributed by atoms with Crippen LogP contribution in [0.2, 0.25) is 0 Å². The van der Waals surface area contributed by atoms with Crippen LogP contribution in [0.3, 0.4) is 0 Å². The first-order chi connectivity index (χ1) is 14.2. The number of hydrogen-bond acceptors (Lipinski definition) is 7. The number of benzene rings is 1. The lowest BCUT2D eigenvalue weighted by molar-refractivity contribution is 0.0672. The minimum absolute atomic E-state index is 0.119. The maximum Gasteiger partial charge on any atom is 0.227 e. The van der Waals surface area contributed by atoms with E-state index < -0.39 is 0 Å². The number of aliphatic imine (C=N–C) groups is 1. The zero-order chi connectivity index (χ0) is 19.8. The third-order valence-corrected chi connectivity index (χ3v) is 5.86. The van der Waals surface area contributed by atoms with Gasteiger partial charge >= 0.3 is 0 Å². The van der Waals surface area contributed by atoms with Crippen molar-refractivity contribution in [1.82, 2.24) is 15.3 Å². The van der Waals surface area contributed by atoms with Gasteiger partial charge in [0, 0.05) is 23.0 Å². The van der Waals surface area contributed by atoms with Gasteiger partial charge in [-0.3, -0.25) is 4.99 Å². The number of nitrogens with zero attached hydrogens (tertiary/aromatic N) is 3. The lowest BCUT2D eigenvalue weighted by atomic mass is 9.95. The molecule has 5 rings (SSSR count). The van der Waals surface area contributed by atoms with Gasteiger partial charge in [0.25, 0.3) is 0 Å². The van der Waals surface area contributed by atoms with Crippen LogP contribution in [0, 0.1) is 0 Å². The fourth-order valence-electron chi connectivity index (χ4n) is 4.15. The third-order valence-electron chi connectivity index (χ3n) is 5.86. The molecule has 0 spiro atoms. The first-order valence-corrected chi connectivity index (χ1v) is 10.2. The van der Waals surface area contributed by atoms with Crippen molar-refractivity contribution < 1.29 is 9.84 Å². The van der Waals surface area contributed by atoms with E-state index in [1.807, 2.05) is 24.4 Å². The molecule has 3 N–H and O–H groups in total. The quantitative estimate of drug-likeness (QED) is 0.741. The van der Waals surface area contributed by atoms with Gasteiger partial charge in [0.2, 0.25) is 5.95 Å². The van der Waals surface area contributed by atoms with Crippen molar-refractivity contribution >= 4 is 23.2 Å². The predicted molar refractivity (Wildman–Crippen MR) is 113 cm³/mol. The molecule has 7 nitrogen and oxygen atoms in total. The molecule has 150 valence electrons. The third kappa shape index (κ3) is 3.70. The van der Waals surface area contributed by atoms with Crippen molar-refractivity contribution in [2.24, 2.45) is 4.99 Å². The Bertz CT molecular complexity index is 1020. The first kappa shape index (κ1) is 18.1. The van der Waals surface area contributed by atoms with Crippen molar-refractivity contribution in [3.05, 3.63) is 47.4 Å². The number of aliphatic hydroxyl groups excluding tert-OH is 1. The van der Waals surface area contributed by atoms with Gasteiger partial charge in [0.15, 0.2) is 0 Å². The molecular formula is C22H25N5O2. The van der Waals surface area contributed by atoms with Gasteiger partial charge in [-0.05, 0) is 56.7 Å². The van der Waals surface area contributed by atoms with E-state index in [0.717, 1.165) is 60.2 Å². The van der Waals surface area contributed by atoms with Gasteiger partial charge < -0.3 is 20.5 Å². The van der Waals surface area contributed by atoms with E-state index in [2.05, 4.69) is 33.6 Å². The number of aliphatic hydroxyl groups is 1. The van der Waals surface area contributed by atoms with Gasteiger partial charge in [-0.2, -0.15) is 0 Å². The zero-order valence-electron chi connectivity index (χ0n) is 16.4. The van der Waals surface area contributed by atoms with Gasteiger partial charge in [0.1, 0.15) is 11.3 Å². The van der Waals surface area contributed by atoms with Gasteiger partial charge in [-0.15, -0.1) is 0 Å². The van der Waals surface area contributed by atoms with E-state index in [4.69, 9.17) is 9.72 Å². The summed E-state index contributed by atoms with van der Waals surface area (Å²) >= 11 is 0. The summed E-state index contributed by atoms with van der Waals surface area (Å²) in [5.41, 5.74) is 4.14. The summed E-state index contributed by atoms with van der Waals surface area (Å²) in [7, 11) is 0. The summed E-state index contributed by atoms with van der Waals surface area (Å²) in [6.45, 7) is 2.11. The molecule has 0 amide bonds. The Kier molecular flexibility index (Phi) is 4.67. The summed E-state index contributed by atoms with van der Waals surface area (Å²) in [6.07, 6.45) is 9.78. The van der Waals surface area contributed by atoms with Crippen LogP contribution in [0.4, 0.5) is 5.95 Å². The van der Waals surface area contributed by atoms with E-state index in [0.29, 0.717) is 5.95 Å². The highest BCUT2D eigenvalue weighted by molar-refractivity contribution is 5.84. The second kappa shape index (κ2) is 7.48. The smallest absolute Gasteiger partial charge is 0.227 e. The van der Waals surface area contributed by atoms with Gasteiger partial charge in [-0.1, -0.05) is 12.1 Å². The second-order valence-corrected chi connectivity index (χ2v) is 8.00. The standard InChI is InChI=1S/C22H25N5O2/c1-13-9-18-19(25-12-24-18)10-17(13)26-22-23-11-14-3-2-4-20(21(14)27-22)29-16-7-5-15(28)6-8-16/h2-4,10-12,15-16,18,28H,5-9H2,1H3,(H,24,25)(H,23,26,27). The Hall–Kier alpha value is -2.93. The van der Waals surface area contributed by atoms with E-state index in [9.17, 15) is 5.11 Å². The largest absolute Gasteiger partial charge is 0.488 e. The van der Waals surface area contributed by atoms with Crippen molar-refractivity contribution in [2.45, 2.75) is 57.3 Å². The fourth-order valence-corrected chi connectivity index (χ4v) is 4.15. The molecule has 1 fully saturated rings. The normalized spacial score (nSPS) is 26.1. The number of hydrogen-bond donors (Lipinski definition) is 3. The molecule has 1 aliphatic heterocycles. The SMILES string of the molecule is CC1=C(Nc2ncc3cccc(OC4CCC(O)CC4)c3n2)C=C2NC=NC2C1. The summed E-state index contributed by atoms with van der Waals surface area (Å²) in [4.78, 5) is 13.7. The van der Waals surface area contributed by atoms with E-state index in [-0.39, 0.29) is 18.2 Å². The number of allylic oxidation sites excluding steroid dienone is 1. The lowest BCUT2D eigenvalue weighted by Gasteiger charge is -2.26. The average Bonchev–Trinajstić information content (AvgIpc) is 3.17. The van der Waals surface area contributed by atoms with Crippen molar-refractivity contribution in [1.29, 1.82) is 0 Å². The molecule has 2 aliphatic carbocycles. The average molecular weight is 391 g/mol. The number of rotatable bonds is 4. The summed E-state index contributed by atoms with van der Waals surface area (Å²) in [5.74, 6) is 1.32. The van der Waals surface area contributed by atoms with Crippen molar-refractivity contribution in [2.75, 3.05) is 5.32 Å². The number of para-hydroxylation sites is 1. The van der Waals surface area contributed by atoms with E-state index >= 15 is 0 Å². The fraction of sp³-hybridized carbons (Fsp3) is 0.409. The summed E-state index contributed by atoms with van der Waals surface area (Å²) in [6, 6.07) is 6.12. The van der Waals surface area contributed by atoms with E-state index in [1.54, 1.807) is 6.34 Å². The van der Waals surface area contributed by atoms with Gasteiger partial charge in [-0.25, -0.2) is 9.97 Å². The highest BCUT2D eigenvalue weighted by atomic mass is 16.5. The molecular weight excluding hydrogens is 366 g/mol. The molecule has 3 aliphatic rings. The van der Waals surface area contributed by atoms with E-state index in [1.165, 1.54) is 5.57 Å². The molecule has 1 atom stereocenters. The summed E-state index contributed by atoms with van der Waals surface area (Å²) < 4.78 is 6.26. The zero-order valence-corrected chi connectivity index (χ0v) is 16.4. The molecule has 1 aromatic heterocycles. The monoisotopic (exact) mass is 391 g/mol. The predicted octanol–water partition coefficient (Wildman–Crippen LogP) is 3.29. The molecule has 1 saturated carbocycles. The molecule has 1 unspecified atom stereocenters. The Balaban J connectivity index is 1.40.